The lowest BCUT2D eigenvalue weighted by atomic mass is 10.2. The minimum Gasteiger partial charge on any atom is -0.449 e. The lowest BCUT2D eigenvalue weighted by Crippen LogP contribution is -2.30. The quantitative estimate of drug-likeness (QED) is 0.806. The van der Waals surface area contributed by atoms with E-state index in [1.807, 2.05) is 19.1 Å². The first-order valence-electron chi connectivity index (χ1n) is 7.48. The second-order valence-electron chi connectivity index (χ2n) is 5.31. The molecule has 0 aliphatic carbocycles. The van der Waals surface area contributed by atoms with Crippen LogP contribution in [0.1, 0.15) is 22.8 Å². The van der Waals surface area contributed by atoms with Gasteiger partial charge in [0.05, 0.1) is 5.56 Å². The number of nitrogens with one attached hydrogen (secondary N) is 1. The molecular formula is C18H17F2NO4. The molecule has 7 heteroatoms. The number of rotatable bonds is 6. The van der Waals surface area contributed by atoms with Gasteiger partial charge >= 0.3 is 12.6 Å². The van der Waals surface area contributed by atoms with Gasteiger partial charge in [-0.3, -0.25) is 4.79 Å². The molecule has 2 rings (SSSR count). The fraction of sp³-hybridized carbons (Fsp3) is 0.222. The summed E-state index contributed by atoms with van der Waals surface area (Å²) in [5.41, 5.74) is 1.76. The first-order valence-corrected chi connectivity index (χ1v) is 7.48. The third kappa shape index (κ3) is 5.56. The first-order chi connectivity index (χ1) is 11.8. The van der Waals surface area contributed by atoms with Crippen LogP contribution in [0, 0.1) is 6.92 Å². The number of ether oxygens (including phenoxy) is 2. The van der Waals surface area contributed by atoms with Crippen molar-refractivity contribution in [2.45, 2.75) is 26.6 Å². The van der Waals surface area contributed by atoms with Gasteiger partial charge in [0.2, 0.25) is 0 Å². The van der Waals surface area contributed by atoms with E-state index in [2.05, 4.69) is 10.1 Å². The Kier molecular flexibility index (Phi) is 6.05. The average molecular weight is 349 g/mol. The molecule has 0 saturated heterocycles. The summed E-state index contributed by atoms with van der Waals surface area (Å²) < 4.78 is 33.4. The van der Waals surface area contributed by atoms with Crippen LogP contribution in [0.5, 0.6) is 5.75 Å². The maximum Gasteiger partial charge on any atom is 0.387 e. The van der Waals surface area contributed by atoms with Crippen molar-refractivity contribution in [2.75, 3.05) is 5.32 Å². The summed E-state index contributed by atoms with van der Waals surface area (Å²) in [6.07, 6.45) is -1.02. The molecule has 1 amide bonds. The fourth-order valence-electron chi connectivity index (χ4n) is 1.94. The van der Waals surface area contributed by atoms with E-state index in [1.165, 1.54) is 31.2 Å². The Hall–Kier alpha value is -2.96. The Morgan fingerprint density at radius 1 is 1.00 bits per heavy atom. The van der Waals surface area contributed by atoms with E-state index < -0.39 is 24.6 Å². The number of carbonyl (C=O) groups excluding carboxylic acids is 2. The molecule has 0 heterocycles. The molecule has 2 aromatic carbocycles. The maximum absolute atomic E-state index is 12.1. The van der Waals surface area contributed by atoms with Gasteiger partial charge in [-0.15, -0.1) is 0 Å². The zero-order valence-corrected chi connectivity index (χ0v) is 13.7. The highest BCUT2D eigenvalue weighted by Crippen LogP contribution is 2.16. The van der Waals surface area contributed by atoms with Crippen LogP contribution in [0.2, 0.25) is 0 Å². The molecule has 1 atom stereocenters. The molecule has 0 spiro atoms. The Balaban J connectivity index is 1.92. The van der Waals surface area contributed by atoms with Gasteiger partial charge in [-0.1, -0.05) is 17.7 Å². The summed E-state index contributed by atoms with van der Waals surface area (Å²) in [6.45, 7) is 0.423. The van der Waals surface area contributed by atoms with Gasteiger partial charge in [0.25, 0.3) is 5.91 Å². The highest BCUT2D eigenvalue weighted by atomic mass is 19.3. The second kappa shape index (κ2) is 8.23. The lowest BCUT2D eigenvalue weighted by Gasteiger charge is -2.14. The zero-order valence-electron chi connectivity index (χ0n) is 13.7. The number of hydrogen-bond donors (Lipinski definition) is 1. The van der Waals surface area contributed by atoms with Crippen molar-refractivity contribution in [1.82, 2.24) is 0 Å². The van der Waals surface area contributed by atoms with Gasteiger partial charge in [-0.2, -0.15) is 8.78 Å². The van der Waals surface area contributed by atoms with E-state index >= 15 is 0 Å². The molecular weight excluding hydrogens is 332 g/mol. The third-order valence-corrected chi connectivity index (χ3v) is 3.29. The Morgan fingerprint density at radius 3 is 2.16 bits per heavy atom. The molecule has 0 unspecified atom stereocenters. The van der Waals surface area contributed by atoms with Crippen molar-refractivity contribution in [3.8, 4) is 5.75 Å². The van der Waals surface area contributed by atoms with Crippen LogP contribution in [-0.4, -0.2) is 24.6 Å². The van der Waals surface area contributed by atoms with Gasteiger partial charge in [0, 0.05) is 5.69 Å². The van der Waals surface area contributed by atoms with Crippen molar-refractivity contribution >= 4 is 17.6 Å². The highest BCUT2D eigenvalue weighted by molar-refractivity contribution is 5.97. The fourth-order valence-corrected chi connectivity index (χ4v) is 1.94. The van der Waals surface area contributed by atoms with Crippen LogP contribution in [0.25, 0.3) is 0 Å². The molecule has 0 bridgehead atoms. The molecule has 132 valence electrons. The third-order valence-electron chi connectivity index (χ3n) is 3.29. The van der Waals surface area contributed by atoms with Gasteiger partial charge < -0.3 is 14.8 Å². The van der Waals surface area contributed by atoms with E-state index in [0.29, 0.717) is 5.69 Å². The molecule has 25 heavy (non-hydrogen) atoms. The van der Waals surface area contributed by atoms with Gasteiger partial charge in [0.1, 0.15) is 5.75 Å². The van der Waals surface area contributed by atoms with E-state index in [1.54, 1.807) is 12.1 Å². The van der Waals surface area contributed by atoms with E-state index in [-0.39, 0.29) is 11.3 Å². The van der Waals surface area contributed by atoms with Crippen molar-refractivity contribution in [2.24, 2.45) is 0 Å². The summed E-state index contributed by atoms with van der Waals surface area (Å²) in [7, 11) is 0. The molecule has 0 fully saturated rings. The van der Waals surface area contributed by atoms with Crippen molar-refractivity contribution in [3.63, 3.8) is 0 Å². The number of carbonyl (C=O) groups is 2. The summed E-state index contributed by atoms with van der Waals surface area (Å²) >= 11 is 0. The Morgan fingerprint density at radius 2 is 1.60 bits per heavy atom. The number of alkyl halides is 2. The van der Waals surface area contributed by atoms with Crippen LogP contribution >= 0.6 is 0 Å². The van der Waals surface area contributed by atoms with Gasteiger partial charge in [0.15, 0.2) is 6.10 Å². The van der Waals surface area contributed by atoms with Crippen molar-refractivity contribution in [3.05, 3.63) is 59.7 Å². The smallest absolute Gasteiger partial charge is 0.387 e. The van der Waals surface area contributed by atoms with Crippen molar-refractivity contribution < 1.29 is 27.8 Å². The van der Waals surface area contributed by atoms with E-state index in [4.69, 9.17) is 4.74 Å². The summed E-state index contributed by atoms with van der Waals surface area (Å²) in [5.74, 6) is -1.29. The minimum atomic E-state index is -2.94. The van der Waals surface area contributed by atoms with Crippen LogP contribution in [0.15, 0.2) is 48.5 Å². The SMILES string of the molecule is Cc1ccc(NC(=O)[C@H](C)OC(=O)c2ccc(OC(F)F)cc2)cc1. The van der Waals surface area contributed by atoms with Crippen LogP contribution < -0.4 is 10.1 Å². The summed E-state index contributed by atoms with van der Waals surface area (Å²) in [6, 6.07) is 12.2. The average Bonchev–Trinajstić information content (AvgIpc) is 2.57. The minimum absolute atomic E-state index is 0.0725. The standard InChI is InChI=1S/C18H17F2NO4/c1-11-3-7-14(8-4-11)21-16(22)12(2)24-17(23)13-5-9-15(10-6-13)25-18(19)20/h3-10,12,18H,1-2H3,(H,21,22)/t12-/m0/s1. The zero-order chi connectivity index (χ0) is 18.4. The predicted molar refractivity (Wildman–Crippen MR) is 87.8 cm³/mol. The number of amides is 1. The molecule has 0 aliphatic heterocycles. The van der Waals surface area contributed by atoms with E-state index in [9.17, 15) is 18.4 Å². The molecule has 0 aliphatic rings. The Labute approximate surface area is 143 Å². The van der Waals surface area contributed by atoms with Crippen LogP contribution in [0.4, 0.5) is 14.5 Å². The van der Waals surface area contributed by atoms with Crippen LogP contribution in [0.3, 0.4) is 0 Å². The van der Waals surface area contributed by atoms with Gasteiger partial charge in [-0.05, 0) is 50.2 Å². The maximum atomic E-state index is 12.1. The van der Waals surface area contributed by atoms with E-state index in [0.717, 1.165) is 5.56 Å². The first kappa shape index (κ1) is 18.4. The Bertz CT molecular complexity index is 730. The summed E-state index contributed by atoms with van der Waals surface area (Å²) in [4.78, 5) is 24.0. The van der Waals surface area contributed by atoms with Crippen LogP contribution in [-0.2, 0) is 9.53 Å². The van der Waals surface area contributed by atoms with Crippen molar-refractivity contribution in [1.29, 1.82) is 0 Å². The number of hydrogen-bond acceptors (Lipinski definition) is 4. The number of anilines is 1. The largest absolute Gasteiger partial charge is 0.449 e. The molecule has 1 N–H and O–H groups in total. The normalized spacial score (nSPS) is 11.7. The highest BCUT2D eigenvalue weighted by Gasteiger charge is 2.19. The number of benzene rings is 2. The monoisotopic (exact) mass is 349 g/mol. The molecule has 5 nitrogen and oxygen atoms in total. The predicted octanol–water partition coefficient (Wildman–Crippen LogP) is 3.78. The lowest BCUT2D eigenvalue weighted by molar-refractivity contribution is -0.123. The number of aryl methyl sites for hydroxylation is 1. The molecule has 2 aromatic rings. The number of halogens is 2. The number of esters is 1. The topological polar surface area (TPSA) is 64.6 Å². The molecule has 0 aromatic heterocycles. The van der Waals surface area contributed by atoms with Gasteiger partial charge in [-0.25, -0.2) is 4.79 Å². The molecule has 0 radical (unpaired) electrons. The molecule has 0 saturated carbocycles. The summed E-state index contributed by atoms with van der Waals surface area (Å²) in [5, 5.41) is 2.64. The second-order valence-corrected chi connectivity index (χ2v) is 5.31.